The van der Waals surface area contributed by atoms with Gasteiger partial charge in [0, 0.05) is 22.3 Å². The summed E-state index contributed by atoms with van der Waals surface area (Å²) in [6, 6.07) is 12.4. The average Bonchev–Trinajstić information content (AvgIpc) is 2.36. The number of carbonyl (C=O) groups excluding carboxylic acids is 2. The van der Waals surface area contributed by atoms with Gasteiger partial charge in [-0.25, -0.2) is 0 Å². The Labute approximate surface area is 111 Å². The molecule has 0 unspecified atom stereocenters. The van der Waals surface area contributed by atoms with Crippen LogP contribution in [0.25, 0.3) is 0 Å². The second-order valence-electron chi connectivity index (χ2n) is 4.20. The summed E-state index contributed by atoms with van der Waals surface area (Å²) in [5, 5.41) is 0. The number of hydrogen-bond donors (Lipinski definition) is 0. The Morgan fingerprint density at radius 3 is 1.94 bits per heavy atom. The maximum absolute atomic E-state index is 12.3. The first kappa shape index (κ1) is 12.5. The molecule has 0 aromatic heterocycles. The Morgan fingerprint density at radius 2 is 1.28 bits per heavy atom. The number of fused-ring (bicyclic) bond motifs is 2. The molecule has 2 nitrogen and oxygen atoms in total. The zero-order chi connectivity index (χ0) is 12.0. The number of halogens is 1. The molecule has 0 saturated carbocycles. The van der Waals surface area contributed by atoms with Crippen molar-refractivity contribution in [2.45, 2.75) is 6.92 Å². The van der Waals surface area contributed by atoms with Crippen molar-refractivity contribution in [3.05, 3.63) is 70.3 Å². The standard InChI is InChI=1S/C15H10O2.ClH/c1-9-5-4-8-12-13(9)15(17)11-7-3-2-6-10(11)14(12)16;/h2-8H,1H3;1H. The second-order valence-corrected chi connectivity index (χ2v) is 4.20. The molecule has 0 saturated heterocycles. The quantitative estimate of drug-likeness (QED) is 0.621. The molecule has 3 rings (SSSR count). The molecular weight excluding hydrogens is 248 g/mol. The predicted molar refractivity (Wildman–Crippen MR) is 71.7 cm³/mol. The highest BCUT2D eigenvalue weighted by molar-refractivity contribution is 6.28. The smallest absolute Gasteiger partial charge is 0.194 e. The maximum Gasteiger partial charge on any atom is 0.194 e. The van der Waals surface area contributed by atoms with E-state index in [1.165, 1.54) is 0 Å². The lowest BCUT2D eigenvalue weighted by atomic mass is 9.82. The van der Waals surface area contributed by atoms with Crippen LogP contribution in [0.1, 0.15) is 37.4 Å². The molecule has 0 bridgehead atoms. The predicted octanol–water partition coefficient (Wildman–Crippen LogP) is 3.19. The number of carbonyl (C=O) groups is 2. The zero-order valence-electron chi connectivity index (χ0n) is 9.77. The normalized spacial score (nSPS) is 12.5. The number of ketones is 2. The van der Waals surface area contributed by atoms with E-state index < -0.39 is 0 Å². The van der Waals surface area contributed by atoms with Gasteiger partial charge in [-0.1, -0.05) is 42.5 Å². The molecule has 0 atom stereocenters. The molecule has 2 aromatic carbocycles. The van der Waals surface area contributed by atoms with Crippen molar-refractivity contribution < 1.29 is 9.59 Å². The lowest BCUT2D eigenvalue weighted by Crippen LogP contribution is -2.21. The van der Waals surface area contributed by atoms with Crippen LogP contribution in [0.5, 0.6) is 0 Å². The lowest BCUT2D eigenvalue weighted by molar-refractivity contribution is 0.0978. The van der Waals surface area contributed by atoms with Gasteiger partial charge in [0.2, 0.25) is 0 Å². The van der Waals surface area contributed by atoms with Crippen molar-refractivity contribution in [2.24, 2.45) is 0 Å². The van der Waals surface area contributed by atoms with Crippen LogP contribution in [-0.4, -0.2) is 11.6 Å². The molecular formula is C15H11ClO2. The van der Waals surface area contributed by atoms with Crippen LogP contribution in [0.15, 0.2) is 42.5 Å². The van der Waals surface area contributed by atoms with Crippen molar-refractivity contribution in [3.63, 3.8) is 0 Å². The zero-order valence-corrected chi connectivity index (χ0v) is 10.6. The van der Waals surface area contributed by atoms with E-state index in [9.17, 15) is 9.59 Å². The molecule has 2 aromatic rings. The van der Waals surface area contributed by atoms with Crippen LogP contribution in [-0.2, 0) is 0 Å². The summed E-state index contributed by atoms with van der Waals surface area (Å²) in [6.45, 7) is 1.86. The summed E-state index contributed by atoms with van der Waals surface area (Å²) in [5.41, 5.74) is 2.95. The van der Waals surface area contributed by atoms with Crippen LogP contribution in [0.4, 0.5) is 0 Å². The Morgan fingerprint density at radius 1 is 0.722 bits per heavy atom. The van der Waals surface area contributed by atoms with E-state index in [0.717, 1.165) is 5.56 Å². The first-order valence-corrected chi connectivity index (χ1v) is 5.48. The molecule has 0 spiro atoms. The highest BCUT2D eigenvalue weighted by Crippen LogP contribution is 2.28. The van der Waals surface area contributed by atoms with Crippen molar-refractivity contribution >= 4 is 24.0 Å². The largest absolute Gasteiger partial charge is 0.289 e. The summed E-state index contributed by atoms with van der Waals surface area (Å²) in [6.07, 6.45) is 0. The van der Waals surface area contributed by atoms with E-state index in [1.807, 2.05) is 19.1 Å². The molecule has 18 heavy (non-hydrogen) atoms. The summed E-state index contributed by atoms with van der Waals surface area (Å²) in [4.78, 5) is 24.6. The van der Waals surface area contributed by atoms with Crippen LogP contribution in [0.3, 0.4) is 0 Å². The Bertz CT molecular complexity index is 659. The SMILES string of the molecule is Cc1cccc2c1C(=O)c1ccccc1C2=O.Cl. The average molecular weight is 259 g/mol. The Hall–Kier alpha value is -1.93. The van der Waals surface area contributed by atoms with Gasteiger partial charge in [0.15, 0.2) is 11.6 Å². The maximum atomic E-state index is 12.3. The number of rotatable bonds is 0. The minimum Gasteiger partial charge on any atom is -0.289 e. The third kappa shape index (κ3) is 1.57. The van der Waals surface area contributed by atoms with Gasteiger partial charge in [0.1, 0.15) is 0 Å². The number of benzene rings is 2. The molecule has 0 N–H and O–H groups in total. The minimum absolute atomic E-state index is 0. The molecule has 1 aliphatic rings. The van der Waals surface area contributed by atoms with E-state index in [-0.39, 0.29) is 24.0 Å². The first-order valence-electron chi connectivity index (χ1n) is 5.48. The van der Waals surface area contributed by atoms with E-state index in [4.69, 9.17) is 0 Å². The molecule has 1 aliphatic carbocycles. The monoisotopic (exact) mass is 258 g/mol. The molecule has 0 aliphatic heterocycles. The lowest BCUT2D eigenvalue weighted by Gasteiger charge is -2.18. The van der Waals surface area contributed by atoms with Crippen LogP contribution >= 0.6 is 12.4 Å². The molecule has 0 radical (unpaired) electrons. The van der Waals surface area contributed by atoms with E-state index in [1.54, 1.807) is 30.3 Å². The first-order chi connectivity index (χ1) is 8.20. The van der Waals surface area contributed by atoms with Crippen molar-refractivity contribution in [3.8, 4) is 0 Å². The number of aryl methyl sites for hydroxylation is 1. The minimum atomic E-state index is -0.0566. The molecule has 3 heteroatoms. The van der Waals surface area contributed by atoms with Crippen LogP contribution < -0.4 is 0 Å². The fourth-order valence-electron chi connectivity index (χ4n) is 2.32. The van der Waals surface area contributed by atoms with Gasteiger partial charge < -0.3 is 0 Å². The van der Waals surface area contributed by atoms with Crippen molar-refractivity contribution in [1.82, 2.24) is 0 Å². The van der Waals surface area contributed by atoms with E-state index in [2.05, 4.69) is 0 Å². The Kier molecular flexibility index (Phi) is 3.05. The van der Waals surface area contributed by atoms with Gasteiger partial charge in [-0.15, -0.1) is 12.4 Å². The topological polar surface area (TPSA) is 34.1 Å². The summed E-state index contributed by atoms with van der Waals surface area (Å²) < 4.78 is 0. The van der Waals surface area contributed by atoms with Gasteiger partial charge in [0.25, 0.3) is 0 Å². The van der Waals surface area contributed by atoms with Gasteiger partial charge in [0.05, 0.1) is 0 Å². The van der Waals surface area contributed by atoms with Gasteiger partial charge in [-0.2, -0.15) is 0 Å². The van der Waals surface area contributed by atoms with Gasteiger partial charge in [-0.05, 0) is 12.5 Å². The third-order valence-corrected chi connectivity index (χ3v) is 3.16. The fourth-order valence-corrected chi connectivity index (χ4v) is 2.32. The fraction of sp³-hybridized carbons (Fsp3) is 0.0667. The van der Waals surface area contributed by atoms with Crippen LogP contribution in [0, 0.1) is 6.92 Å². The van der Waals surface area contributed by atoms with Crippen molar-refractivity contribution in [1.29, 1.82) is 0 Å². The summed E-state index contributed by atoms with van der Waals surface area (Å²) in [7, 11) is 0. The summed E-state index contributed by atoms with van der Waals surface area (Å²) in [5.74, 6) is -0.104. The Balaban J connectivity index is 0.00000120. The van der Waals surface area contributed by atoms with Crippen LogP contribution in [0.2, 0.25) is 0 Å². The highest BCUT2D eigenvalue weighted by atomic mass is 35.5. The second kappa shape index (κ2) is 4.39. The molecule has 0 amide bonds. The molecule has 0 heterocycles. The van der Waals surface area contributed by atoms with Gasteiger partial charge in [-0.3, -0.25) is 9.59 Å². The van der Waals surface area contributed by atoms with E-state index in [0.29, 0.717) is 22.3 Å². The van der Waals surface area contributed by atoms with Crippen molar-refractivity contribution in [2.75, 3.05) is 0 Å². The highest BCUT2D eigenvalue weighted by Gasteiger charge is 2.29. The van der Waals surface area contributed by atoms with Gasteiger partial charge >= 0.3 is 0 Å². The molecule has 90 valence electrons. The van der Waals surface area contributed by atoms with E-state index >= 15 is 0 Å². The molecule has 0 fully saturated rings. The summed E-state index contributed by atoms with van der Waals surface area (Å²) >= 11 is 0. The number of hydrogen-bond acceptors (Lipinski definition) is 2. The third-order valence-electron chi connectivity index (χ3n) is 3.16.